The standard InChI is InChI=1S/C18H18O4/c1-3-16(19)18(21)14-7-5-4-6-12(14)13-9-8-11(10-15(13)18)17(20)22-2/h4-10,16,19,21H,3H2,1-2H3. The molecular formula is C18H18O4. The van der Waals surface area contributed by atoms with Crippen molar-refractivity contribution in [2.45, 2.75) is 25.0 Å². The second kappa shape index (κ2) is 5.23. The maximum atomic E-state index is 11.8. The van der Waals surface area contributed by atoms with Crippen LogP contribution in [0, 0.1) is 0 Å². The molecule has 0 aliphatic heterocycles. The molecule has 0 fully saturated rings. The van der Waals surface area contributed by atoms with Crippen molar-refractivity contribution in [3.63, 3.8) is 0 Å². The molecule has 22 heavy (non-hydrogen) atoms. The molecular weight excluding hydrogens is 280 g/mol. The number of fused-ring (bicyclic) bond motifs is 3. The fraction of sp³-hybridized carbons (Fsp3) is 0.278. The summed E-state index contributed by atoms with van der Waals surface area (Å²) in [5.41, 5.74) is 1.77. The fourth-order valence-electron chi connectivity index (χ4n) is 3.19. The molecule has 2 aromatic carbocycles. The van der Waals surface area contributed by atoms with Crippen molar-refractivity contribution in [2.75, 3.05) is 7.11 Å². The first kappa shape index (κ1) is 14.8. The summed E-state index contributed by atoms with van der Waals surface area (Å²) in [7, 11) is 1.32. The van der Waals surface area contributed by atoms with Gasteiger partial charge in [0, 0.05) is 0 Å². The zero-order chi connectivity index (χ0) is 15.9. The topological polar surface area (TPSA) is 66.8 Å². The first-order valence-electron chi connectivity index (χ1n) is 7.27. The molecule has 4 nitrogen and oxygen atoms in total. The molecule has 0 saturated carbocycles. The van der Waals surface area contributed by atoms with E-state index in [1.54, 1.807) is 18.2 Å². The second-order valence-electron chi connectivity index (χ2n) is 5.49. The lowest BCUT2D eigenvalue weighted by Crippen LogP contribution is -2.38. The highest BCUT2D eigenvalue weighted by atomic mass is 16.5. The van der Waals surface area contributed by atoms with Gasteiger partial charge in [-0.3, -0.25) is 0 Å². The van der Waals surface area contributed by atoms with Crippen molar-refractivity contribution in [3.05, 3.63) is 59.2 Å². The summed E-state index contributed by atoms with van der Waals surface area (Å²) < 4.78 is 4.75. The predicted molar refractivity (Wildman–Crippen MR) is 82.5 cm³/mol. The van der Waals surface area contributed by atoms with Crippen LogP contribution in [0.15, 0.2) is 42.5 Å². The number of ether oxygens (including phenoxy) is 1. The number of hydrogen-bond acceptors (Lipinski definition) is 4. The molecule has 0 aromatic heterocycles. The molecule has 4 heteroatoms. The number of rotatable bonds is 3. The van der Waals surface area contributed by atoms with E-state index in [4.69, 9.17) is 4.74 Å². The van der Waals surface area contributed by atoms with E-state index >= 15 is 0 Å². The third-order valence-corrected chi connectivity index (χ3v) is 4.35. The second-order valence-corrected chi connectivity index (χ2v) is 5.49. The van der Waals surface area contributed by atoms with Crippen LogP contribution < -0.4 is 0 Å². The fourth-order valence-corrected chi connectivity index (χ4v) is 3.19. The Bertz CT molecular complexity index is 738. The molecule has 2 aromatic rings. The van der Waals surface area contributed by atoms with Gasteiger partial charge in [0.1, 0.15) is 5.60 Å². The Morgan fingerprint density at radius 3 is 2.55 bits per heavy atom. The zero-order valence-electron chi connectivity index (χ0n) is 12.5. The van der Waals surface area contributed by atoms with Gasteiger partial charge >= 0.3 is 5.97 Å². The summed E-state index contributed by atoms with van der Waals surface area (Å²) in [4.78, 5) is 11.8. The Morgan fingerprint density at radius 2 is 1.86 bits per heavy atom. The van der Waals surface area contributed by atoms with Crippen LogP contribution in [0.1, 0.15) is 34.8 Å². The Labute approximate surface area is 129 Å². The molecule has 0 radical (unpaired) electrons. The number of carbonyl (C=O) groups excluding carboxylic acids is 1. The number of aliphatic hydroxyl groups is 2. The van der Waals surface area contributed by atoms with E-state index in [1.807, 2.05) is 31.2 Å². The van der Waals surface area contributed by atoms with Gasteiger partial charge in [-0.1, -0.05) is 37.3 Å². The van der Waals surface area contributed by atoms with Gasteiger partial charge in [0.15, 0.2) is 0 Å². The van der Waals surface area contributed by atoms with Crippen LogP contribution in [0.4, 0.5) is 0 Å². The van der Waals surface area contributed by atoms with Gasteiger partial charge in [-0.2, -0.15) is 0 Å². The maximum absolute atomic E-state index is 11.8. The third-order valence-electron chi connectivity index (χ3n) is 4.35. The van der Waals surface area contributed by atoms with Gasteiger partial charge in [0.2, 0.25) is 0 Å². The molecule has 2 atom stereocenters. The van der Waals surface area contributed by atoms with Crippen molar-refractivity contribution < 1.29 is 19.7 Å². The lowest BCUT2D eigenvalue weighted by Gasteiger charge is -2.30. The third kappa shape index (κ3) is 1.88. The number of benzene rings is 2. The van der Waals surface area contributed by atoms with Crippen LogP contribution in [-0.2, 0) is 10.3 Å². The highest BCUT2D eigenvalue weighted by molar-refractivity contribution is 5.92. The molecule has 2 unspecified atom stereocenters. The quantitative estimate of drug-likeness (QED) is 0.854. The summed E-state index contributed by atoms with van der Waals surface area (Å²) in [6.07, 6.45) is -0.560. The molecule has 1 aliphatic carbocycles. The summed E-state index contributed by atoms with van der Waals surface area (Å²) >= 11 is 0. The first-order chi connectivity index (χ1) is 10.5. The number of carbonyl (C=O) groups is 1. The SMILES string of the molecule is CCC(O)C1(O)c2ccccc2-c2ccc(C(=O)OC)cc21. The molecule has 0 bridgehead atoms. The Balaban J connectivity index is 2.27. The maximum Gasteiger partial charge on any atom is 0.337 e. The van der Waals surface area contributed by atoms with E-state index in [0.717, 1.165) is 11.1 Å². The van der Waals surface area contributed by atoms with Crippen LogP contribution in [0.3, 0.4) is 0 Å². The zero-order valence-corrected chi connectivity index (χ0v) is 12.5. The number of esters is 1. The molecule has 0 amide bonds. The van der Waals surface area contributed by atoms with Gasteiger partial charge in [-0.25, -0.2) is 4.79 Å². The van der Waals surface area contributed by atoms with Gasteiger partial charge < -0.3 is 14.9 Å². The summed E-state index contributed by atoms with van der Waals surface area (Å²) in [5.74, 6) is -0.466. The van der Waals surface area contributed by atoms with Crippen LogP contribution in [0.5, 0.6) is 0 Å². The first-order valence-corrected chi connectivity index (χ1v) is 7.27. The molecule has 1 aliphatic rings. The molecule has 0 heterocycles. The Kier molecular flexibility index (Phi) is 3.51. The molecule has 0 spiro atoms. The molecule has 3 rings (SSSR count). The molecule has 0 saturated heterocycles. The van der Waals surface area contributed by atoms with Crippen LogP contribution in [-0.4, -0.2) is 29.4 Å². The minimum absolute atomic E-state index is 0.357. The predicted octanol–water partition coefficient (Wildman–Crippen LogP) is 2.46. The van der Waals surface area contributed by atoms with E-state index in [9.17, 15) is 15.0 Å². The molecule has 2 N–H and O–H groups in total. The molecule has 114 valence electrons. The average Bonchev–Trinajstić information content (AvgIpc) is 2.83. The summed E-state index contributed by atoms with van der Waals surface area (Å²) in [6, 6.07) is 12.5. The van der Waals surface area contributed by atoms with E-state index in [1.165, 1.54) is 7.11 Å². The number of aliphatic hydroxyl groups excluding tert-OH is 1. The summed E-state index contributed by atoms with van der Waals surface area (Å²) in [5, 5.41) is 21.7. The highest BCUT2D eigenvalue weighted by Crippen LogP contribution is 2.49. The van der Waals surface area contributed by atoms with Crippen molar-refractivity contribution >= 4 is 5.97 Å². The van der Waals surface area contributed by atoms with Gasteiger partial charge in [0.25, 0.3) is 0 Å². The Hall–Kier alpha value is -2.17. The summed E-state index contributed by atoms with van der Waals surface area (Å²) in [6.45, 7) is 1.81. The largest absolute Gasteiger partial charge is 0.465 e. The highest BCUT2D eigenvalue weighted by Gasteiger charge is 2.46. The van der Waals surface area contributed by atoms with Crippen molar-refractivity contribution in [2.24, 2.45) is 0 Å². The average molecular weight is 298 g/mol. The lowest BCUT2D eigenvalue weighted by molar-refractivity contribution is -0.0478. The van der Waals surface area contributed by atoms with E-state index in [0.29, 0.717) is 23.1 Å². The number of methoxy groups -OCH3 is 1. The van der Waals surface area contributed by atoms with Crippen molar-refractivity contribution in [1.82, 2.24) is 0 Å². The monoisotopic (exact) mass is 298 g/mol. The van der Waals surface area contributed by atoms with E-state index in [2.05, 4.69) is 0 Å². The van der Waals surface area contributed by atoms with Crippen LogP contribution in [0.25, 0.3) is 11.1 Å². The minimum Gasteiger partial charge on any atom is -0.465 e. The Morgan fingerprint density at radius 1 is 1.18 bits per heavy atom. The number of hydrogen-bond donors (Lipinski definition) is 2. The lowest BCUT2D eigenvalue weighted by atomic mass is 9.84. The van der Waals surface area contributed by atoms with E-state index < -0.39 is 17.7 Å². The van der Waals surface area contributed by atoms with Crippen LogP contribution >= 0.6 is 0 Å². The van der Waals surface area contributed by atoms with Crippen molar-refractivity contribution in [3.8, 4) is 11.1 Å². The van der Waals surface area contributed by atoms with Crippen molar-refractivity contribution in [1.29, 1.82) is 0 Å². The van der Waals surface area contributed by atoms with Crippen LogP contribution in [0.2, 0.25) is 0 Å². The van der Waals surface area contributed by atoms with E-state index in [-0.39, 0.29) is 0 Å². The van der Waals surface area contributed by atoms with Gasteiger partial charge in [-0.05, 0) is 40.8 Å². The van der Waals surface area contributed by atoms with Gasteiger partial charge in [0.05, 0.1) is 18.8 Å². The smallest absolute Gasteiger partial charge is 0.337 e. The minimum atomic E-state index is -1.51. The van der Waals surface area contributed by atoms with Gasteiger partial charge in [-0.15, -0.1) is 0 Å². The normalized spacial score (nSPS) is 20.2.